The Morgan fingerprint density at radius 2 is 2.19 bits per heavy atom. The molecule has 0 fully saturated rings. The van der Waals surface area contributed by atoms with Crippen LogP contribution in [0.15, 0.2) is 36.6 Å². The molecule has 5 heteroatoms. The minimum atomic E-state index is -0.630. The van der Waals surface area contributed by atoms with Crippen LogP contribution >= 0.6 is 11.6 Å². The number of nitrogens with one attached hydrogen (secondary N) is 1. The van der Waals surface area contributed by atoms with Crippen molar-refractivity contribution in [3.63, 3.8) is 0 Å². The second kappa shape index (κ2) is 6.02. The van der Waals surface area contributed by atoms with Gasteiger partial charge in [0.2, 0.25) is 0 Å². The second-order valence-electron chi connectivity index (χ2n) is 3.09. The zero-order valence-corrected chi connectivity index (χ0v) is 9.33. The van der Waals surface area contributed by atoms with Crippen LogP contribution in [-0.2, 0) is 11.3 Å². The van der Waals surface area contributed by atoms with Gasteiger partial charge in [0, 0.05) is 10.6 Å². The Morgan fingerprint density at radius 3 is 2.81 bits per heavy atom. The molecule has 86 valence electrons. The maximum atomic E-state index is 11.1. The van der Waals surface area contributed by atoms with E-state index >= 15 is 0 Å². The Balaban J connectivity index is 2.37. The fourth-order valence-electron chi connectivity index (χ4n) is 0.984. The van der Waals surface area contributed by atoms with E-state index in [9.17, 15) is 4.79 Å². The molecule has 0 heterocycles. The van der Waals surface area contributed by atoms with Crippen molar-refractivity contribution >= 4 is 17.7 Å². The molecule has 16 heavy (non-hydrogen) atoms. The molecule has 0 aliphatic heterocycles. The molecule has 0 spiro atoms. The van der Waals surface area contributed by atoms with Crippen LogP contribution in [0.25, 0.3) is 0 Å². The van der Waals surface area contributed by atoms with Gasteiger partial charge >= 0.3 is 6.09 Å². The van der Waals surface area contributed by atoms with E-state index in [1.165, 1.54) is 0 Å². The molecule has 0 unspecified atom stereocenters. The molecule has 0 aliphatic rings. The average Bonchev–Trinajstić information content (AvgIpc) is 2.25. The van der Waals surface area contributed by atoms with Gasteiger partial charge in [-0.25, -0.2) is 4.79 Å². The zero-order chi connectivity index (χ0) is 12.0. The molecule has 0 aliphatic carbocycles. The Bertz CT molecular complexity index is 393. The first-order valence-corrected chi connectivity index (χ1v) is 4.98. The lowest BCUT2D eigenvalue weighted by Crippen LogP contribution is -2.26. The van der Waals surface area contributed by atoms with E-state index in [1.54, 1.807) is 24.3 Å². The summed E-state index contributed by atoms with van der Waals surface area (Å²) in [6.07, 6.45) is -0.630. The lowest BCUT2D eigenvalue weighted by Gasteiger charge is -2.07. The second-order valence-corrected chi connectivity index (χ2v) is 3.49. The molecule has 0 radical (unpaired) electrons. The highest BCUT2D eigenvalue weighted by Crippen LogP contribution is 2.15. The van der Waals surface area contributed by atoms with Gasteiger partial charge in [-0.2, -0.15) is 0 Å². The van der Waals surface area contributed by atoms with Gasteiger partial charge < -0.3 is 15.2 Å². The number of benzene rings is 1. The Kier molecular flexibility index (Phi) is 4.66. The van der Waals surface area contributed by atoms with Crippen LogP contribution in [0.5, 0.6) is 0 Å². The van der Waals surface area contributed by atoms with Gasteiger partial charge in [0.1, 0.15) is 12.4 Å². The van der Waals surface area contributed by atoms with Crippen molar-refractivity contribution in [3.05, 3.63) is 47.2 Å². The summed E-state index contributed by atoms with van der Waals surface area (Å²) in [6, 6.07) is 7.08. The molecule has 1 aromatic rings. The standard InChI is InChI=1S/C11H12ClNO3/c1-8(14)6-13-11(15)16-7-9-4-2-3-5-10(9)12/h2-5,14H,1,6-7H2,(H,13,15). The molecule has 4 nitrogen and oxygen atoms in total. The summed E-state index contributed by atoms with van der Waals surface area (Å²) in [6.45, 7) is 3.28. The van der Waals surface area contributed by atoms with E-state index in [-0.39, 0.29) is 18.9 Å². The number of amides is 1. The van der Waals surface area contributed by atoms with Gasteiger partial charge in [-0.15, -0.1) is 0 Å². The maximum Gasteiger partial charge on any atom is 0.407 e. The van der Waals surface area contributed by atoms with Crippen LogP contribution in [-0.4, -0.2) is 17.7 Å². The minimum absolute atomic E-state index is 0.0264. The van der Waals surface area contributed by atoms with E-state index in [4.69, 9.17) is 21.4 Å². The number of rotatable bonds is 4. The Morgan fingerprint density at radius 1 is 1.50 bits per heavy atom. The normalized spacial score (nSPS) is 9.56. The van der Waals surface area contributed by atoms with Gasteiger partial charge in [0.05, 0.1) is 6.54 Å². The number of ether oxygens (including phenoxy) is 1. The highest BCUT2D eigenvalue weighted by atomic mass is 35.5. The molecule has 0 saturated carbocycles. The first-order valence-electron chi connectivity index (χ1n) is 4.60. The first kappa shape index (κ1) is 12.4. The highest BCUT2D eigenvalue weighted by molar-refractivity contribution is 6.31. The monoisotopic (exact) mass is 241 g/mol. The minimum Gasteiger partial charge on any atom is -0.511 e. The third-order valence-corrected chi connectivity index (χ3v) is 2.12. The van der Waals surface area contributed by atoms with Crippen molar-refractivity contribution in [3.8, 4) is 0 Å². The van der Waals surface area contributed by atoms with Crippen LogP contribution < -0.4 is 5.32 Å². The molecule has 1 amide bonds. The number of hydrogen-bond donors (Lipinski definition) is 2. The predicted octanol–water partition coefficient (Wildman–Crippen LogP) is 2.64. The molecule has 0 saturated heterocycles. The Labute approximate surface area is 98.5 Å². The number of hydrogen-bond acceptors (Lipinski definition) is 3. The molecule has 0 atom stereocenters. The van der Waals surface area contributed by atoms with Crippen molar-refractivity contribution in [2.75, 3.05) is 6.54 Å². The van der Waals surface area contributed by atoms with Crippen LogP contribution in [0.1, 0.15) is 5.56 Å². The van der Waals surface area contributed by atoms with Crippen molar-refractivity contribution in [1.82, 2.24) is 5.32 Å². The fraction of sp³-hybridized carbons (Fsp3) is 0.182. The lowest BCUT2D eigenvalue weighted by atomic mass is 10.2. The quantitative estimate of drug-likeness (QED) is 0.797. The van der Waals surface area contributed by atoms with Crippen LogP contribution in [0.4, 0.5) is 4.79 Å². The molecule has 1 aromatic carbocycles. The number of aliphatic hydroxyl groups excluding tert-OH is 1. The average molecular weight is 242 g/mol. The van der Waals surface area contributed by atoms with Gasteiger partial charge in [0.15, 0.2) is 0 Å². The van der Waals surface area contributed by atoms with E-state index in [0.717, 1.165) is 5.56 Å². The van der Waals surface area contributed by atoms with Crippen molar-refractivity contribution in [2.45, 2.75) is 6.61 Å². The summed E-state index contributed by atoms with van der Waals surface area (Å²) in [5.74, 6) is -0.130. The van der Waals surface area contributed by atoms with Gasteiger partial charge in [-0.3, -0.25) is 0 Å². The summed E-state index contributed by atoms with van der Waals surface area (Å²) in [4.78, 5) is 11.1. The largest absolute Gasteiger partial charge is 0.511 e. The third kappa shape index (κ3) is 4.23. The van der Waals surface area contributed by atoms with E-state index in [1.807, 2.05) is 0 Å². The number of alkyl carbamates (subject to hydrolysis) is 1. The number of aliphatic hydroxyl groups is 1. The van der Waals surface area contributed by atoms with Gasteiger partial charge in [0.25, 0.3) is 0 Å². The Hall–Kier alpha value is -1.68. The first-order chi connectivity index (χ1) is 7.59. The number of carbonyl (C=O) groups is 1. The van der Waals surface area contributed by atoms with Crippen LogP contribution in [0, 0.1) is 0 Å². The number of halogens is 1. The summed E-state index contributed by atoms with van der Waals surface area (Å²) in [5, 5.41) is 11.6. The fourth-order valence-corrected chi connectivity index (χ4v) is 1.17. The van der Waals surface area contributed by atoms with Gasteiger partial charge in [-0.05, 0) is 6.07 Å². The van der Waals surface area contributed by atoms with Gasteiger partial charge in [-0.1, -0.05) is 36.4 Å². The number of carbonyl (C=O) groups excluding carboxylic acids is 1. The lowest BCUT2D eigenvalue weighted by molar-refractivity contribution is 0.139. The molecule has 2 N–H and O–H groups in total. The van der Waals surface area contributed by atoms with E-state index in [2.05, 4.69) is 11.9 Å². The summed E-state index contributed by atoms with van der Waals surface area (Å²) < 4.78 is 4.87. The summed E-state index contributed by atoms with van der Waals surface area (Å²) in [7, 11) is 0. The van der Waals surface area contributed by atoms with E-state index < -0.39 is 6.09 Å². The van der Waals surface area contributed by atoms with Crippen molar-refractivity contribution in [1.29, 1.82) is 0 Å². The zero-order valence-electron chi connectivity index (χ0n) is 8.57. The van der Waals surface area contributed by atoms with E-state index in [0.29, 0.717) is 5.02 Å². The molecular formula is C11H12ClNO3. The maximum absolute atomic E-state index is 11.1. The molecular weight excluding hydrogens is 230 g/mol. The predicted molar refractivity (Wildman–Crippen MR) is 61.4 cm³/mol. The third-order valence-electron chi connectivity index (χ3n) is 1.75. The summed E-state index contributed by atoms with van der Waals surface area (Å²) in [5.41, 5.74) is 0.724. The molecule has 0 bridgehead atoms. The topological polar surface area (TPSA) is 58.6 Å². The van der Waals surface area contributed by atoms with Crippen molar-refractivity contribution in [2.24, 2.45) is 0 Å². The molecule has 0 aromatic heterocycles. The smallest absolute Gasteiger partial charge is 0.407 e. The highest BCUT2D eigenvalue weighted by Gasteiger charge is 2.04. The SMILES string of the molecule is C=C(O)CNC(=O)OCc1ccccc1Cl. The molecule has 1 rings (SSSR count). The van der Waals surface area contributed by atoms with Crippen LogP contribution in [0.3, 0.4) is 0 Å². The summed E-state index contributed by atoms with van der Waals surface area (Å²) >= 11 is 5.87. The van der Waals surface area contributed by atoms with Crippen molar-refractivity contribution < 1.29 is 14.6 Å². The van der Waals surface area contributed by atoms with Crippen LogP contribution in [0.2, 0.25) is 5.02 Å².